The van der Waals surface area contributed by atoms with Gasteiger partial charge in [0.2, 0.25) is 0 Å². The van der Waals surface area contributed by atoms with Crippen LogP contribution in [-0.4, -0.2) is 23.3 Å². The molecular formula is C12H13NO3. The SMILES string of the molecule is C=C(C)C(=O)OCCC(=O)c1ccncc1. The number of Topliss-reactive ketones (excluding diaryl/α,β-unsaturated/α-hetero) is 1. The summed E-state index contributed by atoms with van der Waals surface area (Å²) >= 11 is 0. The minimum Gasteiger partial charge on any atom is -0.462 e. The summed E-state index contributed by atoms with van der Waals surface area (Å²) in [6, 6.07) is 3.26. The quantitative estimate of drug-likeness (QED) is 0.430. The highest BCUT2D eigenvalue weighted by Crippen LogP contribution is 2.02. The highest BCUT2D eigenvalue weighted by Gasteiger charge is 2.07. The third-order valence-electron chi connectivity index (χ3n) is 1.91. The number of rotatable bonds is 5. The molecule has 1 aromatic heterocycles. The van der Waals surface area contributed by atoms with Gasteiger partial charge in [-0.25, -0.2) is 4.79 Å². The molecule has 0 bridgehead atoms. The smallest absolute Gasteiger partial charge is 0.333 e. The predicted molar refractivity (Wildman–Crippen MR) is 59.0 cm³/mol. The lowest BCUT2D eigenvalue weighted by Crippen LogP contribution is -2.10. The maximum absolute atomic E-state index is 11.6. The number of hydrogen-bond acceptors (Lipinski definition) is 4. The lowest BCUT2D eigenvalue weighted by molar-refractivity contribution is -0.138. The summed E-state index contributed by atoms with van der Waals surface area (Å²) in [7, 11) is 0. The molecule has 0 atom stereocenters. The van der Waals surface area contributed by atoms with Gasteiger partial charge in [0.25, 0.3) is 0 Å². The Balaban J connectivity index is 2.37. The van der Waals surface area contributed by atoms with Crippen molar-refractivity contribution in [2.75, 3.05) is 6.61 Å². The third kappa shape index (κ3) is 3.65. The molecule has 0 aliphatic rings. The molecule has 4 heteroatoms. The van der Waals surface area contributed by atoms with Gasteiger partial charge in [0.15, 0.2) is 5.78 Å². The molecule has 0 aliphatic heterocycles. The molecule has 0 saturated heterocycles. The van der Waals surface area contributed by atoms with Crippen LogP contribution in [0.2, 0.25) is 0 Å². The molecule has 1 aromatic rings. The molecule has 1 heterocycles. The summed E-state index contributed by atoms with van der Waals surface area (Å²) < 4.78 is 4.82. The van der Waals surface area contributed by atoms with Crippen molar-refractivity contribution in [2.45, 2.75) is 13.3 Å². The van der Waals surface area contributed by atoms with Crippen molar-refractivity contribution in [3.63, 3.8) is 0 Å². The Hall–Kier alpha value is -1.97. The number of hydrogen-bond donors (Lipinski definition) is 0. The summed E-state index contributed by atoms with van der Waals surface area (Å²) in [4.78, 5) is 26.4. The van der Waals surface area contributed by atoms with E-state index in [-0.39, 0.29) is 18.8 Å². The Morgan fingerprint density at radius 3 is 2.56 bits per heavy atom. The first kappa shape index (κ1) is 12.1. The number of aromatic nitrogens is 1. The fourth-order valence-electron chi connectivity index (χ4n) is 1.04. The molecule has 16 heavy (non-hydrogen) atoms. The summed E-state index contributed by atoms with van der Waals surface area (Å²) in [5.74, 6) is -0.542. The Labute approximate surface area is 94.0 Å². The molecule has 0 amide bonds. The highest BCUT2D eigenvalue weighted by atomic mass is 16.5. The van der Waals surface area contributed by atoms with Crippen molar-refractivity contribution in [3.05, 3.63) is 42.2 Å². The first-order valence-electron chi connectivity index (χ1n) is 4.87. The maximum Gasteiger partial charge on any atom is 0.333 e. The fourth-order valence-corrected chi connectivity index (χ4v) is 1.04. The summed E-state index contributed by atoms with van der Waals surface area (Å²) in [5, 5.41) is 0. The van der Waals surface area contributed by atoms with Crippen LogP contribution in [0.5, 0.6) is 0 Å². The van der Waals surface area contributed by atoms with Crippen molar-refractivity contribution in [1.29, 1.82) is 0 Å². The van der Waals surface area contributed by atoms with Gasteiger partial charge in [-0.05, 0) is 19.1 Å². The molecule has 84 valence electrons. The molecule has 0 saturated carbocycles. The first-order valence-corrected chi connectivity index (χ1v) is 4.87. The average Bonchev–Trinajstić information content (AvgIpc) is 2.29. The zero-order chi connectivity index (χ0) is 12.0. The van der Waals surface area contributed by atoms with Crippen molar-refractivity contribution in [1.82, 2.24) is 4.98 Å². The third-order valence-corrected chi connectivity index (χ3v) is 1.91. The summed E-state index contributed by atoms with van der Waals surface area (Å²) in [6.45, 7) is 5.08. The number of nitrogens with zero attached hydrogens (tertiary/aromatic N) is 1. The Morgan fingerprint density at radius 2 is 2.00 bits per heavy atom. The van der Waals surface area contributed by atoms with Crippen LogP contribution >= 0.6 is 0 Å². The standard InChI is InChI=1S/C12H13NO3/c1-9(2)12(15)16-8-5-11(14)10-3-6-13-7-4-10/h3-4,6-7H,1,5,8H2,2H3. The lowest BCUT2D eigenvalue weighted by Gasteiger charge is -2.03. The van der Waals surface area contributed by atoms with Crippen LogP contribution in [0.3, 0.4) is 0 Å². The molecule has 0 radical (unpaired) electrons. The van der Waals surface area contributed by atoms with E-state index in [2.05, 4.69) is 11.6 Å². The van der Waals surface area contributed by atoms with E-state index in [4.69, 9.17) is 4.74 Å². The van der Waals surface area contributed by atoms with Gasteiger partial charge in [-0.2, -0.15) is 0 Å². The zero-order valence-corrected chi connectivity index (χ0v) is 9.10. The largest absolute Gasteiger partial charge is 0.462 e. The molecule has 0 spiro atoms. The molecule has 0 aliphatic carbocycles. The molecule has 0 N–H and O–H groups in total. The number of ether oxygens (including phenoxy) is 1. The Morgan fingerprint density at radius 1 is 1.38 bits per heavy atom. The van der Waals surface area contributed by atoms with Gasteiger partial charge < -0.3 is 4.74 Å². The fraction of sp³-hybridized carbons (Fsp3) is 0.250. The van der Waals surface area contributed by atoms with Gasteiger partial charge in [0, 0.05) is 30.0 Å². The van der Waals surface area contributed by atoms with Crippen molar-refractivity contribution in [2.24, 2.45) is 0 Å². The second kappa shape index (κ2) is 5.80. The van der Waals surface area contributed by atoms with Crippen molar-refractivity contribution < 1.29 is 14.3 Å². The molecule has 0 unspecified atom stereocenters. The molecule has 0 aromatic carbocycles. The number of pyridine rings is 1. The van der Waals surface area contributed by atoms with E-state index in [1.807, 2.05) is 0 Å². The van der Waals surface area contributed by atoms with Crippen LogP contribution in [0.25, 0.3) is 0 Å². The van der Waals surface area contributed by atoms with E-state index in [1.165, 1.54) is 0 Å². The van der Waals surface area contributed by atoms with Crippen molar-refractivity contribution in [3.8, 4) is 0 Å². The Kier molecular flexibility index (Phi) is 4.39. The van der Waals surface area contributed by atoms with E-state index in [9.17, 15) is 9.59 Å². The van der Waals surface area contributed by atoms with Crippen LogP contribution in [0, 0.1) is 0 Å². The van der Waals surface area contributed by atoms with Gasteiger partial charge >= 0.3 is 5.97 Å². The number of carbonyl (C=O) groups excluding carboxylic acids is 2. The highest BCUT2D eigenvalue weighted by molar-refractivity contribution is 5.96. The predicted octanol–water partition coefficient (Wildman–Crippen LogP) is 1.77. The molecule has 0 fully saturated rings. The van der Waals surface area contributed by atoms with Gasteiger partial charge in [-0.1, -0.05) is 6.58 Å². The van der Waals surface area contributed by atoms with E-state index in [0.717, 1.165) is 0 Å². The second-order valence-corrected chi connectivity index (χ2v) is 3.33. The summed E-state index contributed by atoms with van der Waals surface area (Å²) in [5.41, 5.74) is 0.901. The average molecular weight is 219 g/mol. The van der Waals surface area contributed by atoms with Gasteiger partial charge in [0.05, 0.1) is 6.61 Å². The summed E-state index contributed by atoms with van der Waals surface area (Å²) in [6.07, 6.45) is 3.27. The van der Waals surface area contributed by atoms with Crippen LogP contribution < -0.4 is 0 Å². The van der Waals surface area contributed by atoms with Gasteiger partial charge in [-0.15, -0.1) is 0 Å². The minimum absolute atomic E-state index is 0.0723. The maximum atomic E-state index is 11.6. The van der Waals surface area contributed by atoms with E-state index in [0.29, 0.717) is 11.1 Å². The number of esters is 1. The molecular weight excluding hydrogens is 206 g/mol. The second-order valence-electron chi connectivity index (χ2n) is 3.33. The molecule has 4 nitrogen and oxygen atoms in total. The van der Waals surface area contributed by atoms with E-state index >= 15 is 0 Å². The van der Waals surface area contributed by atoms with E-state index < -0.39 is 5.97 Å². The minimum atomic E-state index is -0.470. The lowest BCUT2D eigenvalue weighted by atomic mass is 10.1. The zero-order valence-electron chi connectivity index (χ0n) is 9.10. The Bertz CT molecular complexity index is 398. The van der Waals surface area contributed by atoms with Crippen LogP contribution in [0.1, 0.15) is 23.7 Å². The van der Waals surface area contributed by atoms with E-state index in [1.54, 1.807) is 31.5 Å². The topological polar surface area (TPSA) is 56.3 Å². The molecule has 1 rings (SSSR count). The van der Waals surface area contributed by atoms with Gasteiger partial charge in [0.1, 0.15) is 0 Å². The first-order chi connectivity index (χ1) is 7.61. The van der Waals surface area contributed by atoms with Crippen LogP contribution in [-0.2, 0) is 9.53 Å². The monoisotopic (exact) mass is 219 g/mol. The normalized spacial score (nSPS) is 9.56. The van der Waals surface area contributed by atoms with Gasteiger partial charge in [-0.3, -0.25) is 9.78 Å². The van der Waals surface area contributed by atoms with Crippen molar-refractivity contribution >= 4 is 11.8 Å². The number of carbonyl (C=O) groups is 2. The number of ketones is 1. The van der Waals surface area contributed by atoms with Crippen LogP contribution in [0.4, 0.5) is 0 Å². The van der Waals surface area contributed by atoms with Crippen LogP contribution in [0.15, 0.2) is 36.7 Å².